The van der Waals surface area contributed by atoms with E-state index in [2.05, 4.69) is 6.58 Å². The molecule has 1 saturated heterocycles. The Morgan fingerprint density at radius 2 is 1.09 bits per heavy atom. The van der Waals surface area contributed by atoms with E-state index < -0.39 is 30.7 Å². The fourth-order valence-corrected chi connectivity index (χ4v) is 4.05. The largest absolute Gasteiger partial charge is 0.368 e. The van der Waals surface area contributed by atoms with Crippen molar-refractivity contribution in [3.8, 4) is 0 Å². The Labute approximate surface area is 207 Å². The van der Waals surface area contributed by atoms with Crippen LogP contribution in [-0.2, 0) is 38.8 Å². The predicted molar refractivity (Wildman–Crippen MR) is 135 cm³/mol. The maximum absolute atomic E-state index is 10.9. The van der Waals surface area contributed by atoms with Crippen molar-refractivity contribution >= 4 is 0 Å². The zero-order chi connectivity index (χ0) is 24.3. The van der Waals surface area contributed by atoms with Crippen LogP contribution >= 0.6 is 0 Å². The van der Waals surface area contributed by atoms with Crippen LogP contribution in [0.3, 0.4) is 0 Å². The van der Waals surface area contributed by atoms with Crippen molar-refractivity contribution in [1.29, 1.82) is 0 Å². The second-order valence-electron chi connectivity index (χ2n) is 8.40. The Bertz CT molecular complexity index is 1040. The normalized spacial score (nSPS) is 24.4. The molecule has 35 heavy (non-hydrogen) atoms. The van der Waals surface area contributed by atoms with Gasteiger partial charge >= 0.3 is 0 Å². The van der Waals surface area contributed by atoms with Crippen LogP contribution in [-0.4, -0.2) is 35.8 Å². The van der Waals surface area contributed by atoms with Gasteiger partial charge in [-0.05, 0) is 16.7 Å². The Morgan fingerprint density at radius 1 is 0.657 bits per heavy atom. The van der Waals surface area contributed by atoms with Gasteiger partial charge in [-0.2, -0.15) is 0 Å². The quantitative estimate of drug-likeness (QED) is 0.389. The second kappa shape index (κ2) is 13.1. The maximum atomic E-state index is 10.9. The molecule has 5 heteroatoms. The molecule has 0 spiro atoms. The molecule has 0 saturated carbocycles. The van der Waals surface area contributed by atoms with Gasteiger partial charge in [0.25, 0.3) is 0 Å². The summed E-state index contributed by atoms with van der Waals surface area (Å²) < 4.78 is 24.9. The van der Waals surface area contributed by atoms with Gasteiger partial charge in [-0.15, -0.1) is 0 Å². The van der Waals surface area contributed by atoms with E-state index in [-0.39, 0.29) is 0 Å². The Balaban J connectivity index is 1.58. The standard InChI is InChI=1S/C30H32O5/c1-2-3-19-26-27(32-20-23-13-7-4-8-14-23)28(33-21-24-15-9-5-10-16-24)29(30(31)35-26)34-22-25-17-11-6-12-18-25/h2-19,26-31H,1,20-22H2/b19-3+/t26-,27-,28+,29-,30?/m1/s1. The Morgan fingerprint density at radius 3 is 1.54 bits per heavy atom. The summed E-state index contributed by atoms with van der Waals surface area (Å²) in [5, 5.41) is 10.9. The Hall–Kier alpha value is -3.06. The molecule has 0 amide bonds. The number of benzene rings is 3. The first-order valence-electron chi connectivity index (χ1n) is 11.8. The predicted octanol–water partition coefficient (Wildman–Crippen LogP) is 5.20. The molecule has 0 radical (unpaired) electrons. The van der Waals surface area contributed by atoms with Crippen LogP contribution in [0.1, 0.15) is 16.7 Å². The molecule has 0 bridgehead atoms. The van der Waals surface area contributed by atoms with E-state index in [1.807, 2.05) is 97.1 Å². The summed E-state index contributed by atoms with van der Waals surface area (Å²) in [7, 11) is 0. The second-order valence-corrected chi connectivity index (χ2v) is 8.40. The highest BCUT2D eigenvalue weighted by Crippen LogP contribution is 2.30. The van der Waals surface area contributed by atoms with Crippen molar-refractivity contribution in [2.24, 2.45) is 0 Å². The summed E-state index contributed by atoms with van der Waals surface area (Å²) in [6.45, 7) is 4.80. The highest BCUT2D eigenvalue weighted by Gasteiger charge is 2.47. The lowest BCUT2D eigenvalue weighted by Crippen LogP contribution is -2.59. The van der Waals surface area contributed by atoms with Gasteiger partial charge in [0.15, 0.2) is 6.29 Å². The fourth-order valence-electron chi connectivity index (χ4n) is 4.05. The molecule has 0 aromatic heterocycles. The summed E-state index contributed by atoms with van der Waals surface area (Å²) >= 11 is 0. The molecule has 1 aliphatic heterocycles. The first-order valence-corrected chi connectivity index (χ1v) is 11.8. The summed E-state index contributed by atoms with van der Waals surface area (Å²) in [5.41, 5.74) is 3.06. The molecule has 0 aliphatic carbocycles. The number of allylic oxidation sites excluding steroid dienone is 2. The zero-order valence-corrected chi connectivity index (χ0v) is 19.7. The lowest BCUT2D eigenvalue weighted by atomic mass is 9.97. The van der Waals surface area contributed by atoms with E-state index in [1.165, 1.54) is 0 Å². The molecule has 1 heterocycles. The van der Waals surface area contributed by atoms with Crippen LogP contribution in [0.2, 0.25) is 0 Å². The average Bonchev–Trinajstić information content (AvgIpc) is 2.91. The van der Waals surface area contributed by atoms with E-state index in [4.69, 9.17) is 18.9 Å². The molecular formula is C30H32O5. The van der Waals surface area contributed by atoms with Crippen LogP contribution in [0.25, 0.3) is 0 Å². The lowest BCUT2D eigenvalue weighted by Gasteiger charge is -2.43. The van der Waals surface area contributed by atoms with Crippen LogP contribution in [0, 0.1) is 0 Å². The third kappa shape index (κ3) is 7.21. The highest BCUT2D eigenvalue weighted by molar-refractivity contribution is 5.16. The van der Waals surface area contributed by atoms with Crippen molar-refractivity contribution in [3.05, 3.63) is 132 Å². The summed E-state index contributed by atoms with van der Waals surface area (Å²) in [6.07, 6.45) is 1.73. The van der Waals surface area contributed by atoms with E-state index in [0.717, 1.165) is 16.7 Å². The first kappa shape index (κ1) is 25.0. The van der Waals surface area contributed by atoms with Crippen molar-refractivity contribution in [2.45, 2.75) is 50.5 Å². The van der Waals surface area contributed by atoms with Crippen molar-refractivity contribution < 1.29 is 24.1 Å². The number of hydrogen-bond donors (Lipinski definition) is 1. The third-order valence-corrected chi connectivity index (χ3v) is 5.84. The van der Waals surface area contributed by atoms with Gasteiger partial charge in [-0.1, -0.05) is 116 Å². The van der Waals surface area contributed by atoms with Gasteiger partial charge in [0.1, 0.15) is 24.4 Å². The number of aliphatic hydroxyl groups excluding tert-OH is 1. The molecule has 182 valence electrons. The topological polar surface area (TPSA) is 57.2 Å². The van der Waals surface area contributed by atoms with Crippen LogP contribution in [0.4, 0.5) is 0 Å². The van der Waals surface area contributed by atoms with Crippen LogP contribution in [0.5, 0.6) is 0 Å². The van der Waals surface area contributed by atoms with E-state index in [9.17, 15) is 5.11 Å². The SMILES string of the molecule is C=C/C=C/[C@H]1OC(O)[C@H](OCc2ccccc2)[C@@H](OCc2ccccc2)[C@@H]1OCc1ccccc1. The average molecular weight is 473 g/mol. The maximum Gasteiger partial charge on any atom is 0.184 e. The van der Waals surface area contributed by atoms with E-state index in [0.29, 0.717) is 19.8 Å². The minimum Gasteiger partial charge on any atom is -0.368 e. The van der Waals surface area contributed by atoms with E-state index >= 15 is 0 Å². The number of ether oxygens (including phenoxy) is 4. The van der Waals surface area contributed by atoms with Gasteiger partial charge in [0, 0.05) is 0 Å². The monoisotopic (exact) mass is 472 g/mol. The molecule has 1 aliphatic rings. The zero-order valence-electron chi connectivity index (χ0n) is 19.7. The van der Waals surface area contributed by atoms with Crippen LogP contribution < -0.4 is 0 Å². The van der Waals surface area contributed by atoms with Gasteiger partial charge in [0.05, 0.1) is 19.8 Å². The first-order chi connectivity index (χ1) is 17.2. The smallest absolute Gasteiger partial charge is 0.184 e. The van der Waals surface area contributed by atoms with Gasteiger partial charge in [-0.25, -0.2) is 0 Å². The molecule has 1 fully saturated rings. The molecule has 3 aromatic rings. The van der Waals surface area contributed by atoms with Crippen molar-refractivity contribution in [3.63, 3.8) is 0 Å². The van der Waals surface area contributed by atoms with Crippen molar-refractivity contribution in [1.82, 2.24) is 0 Å². The number of hydrogen-bond acceptors (Lipinski definition) is 5. The highest BCUT2D eigenvalue weighted by atomic mass is 16.7. The minimum atomic E-state index is -1.18. The van der Waals surface area contributed by atoms with E-state index in [1.54, 1.807) is 12.2 Å². The van der Waals surface area contributed by atoms with Crippen LogP contribution in [0.15, 0.2) is 116 Å². The molecule has 1 unspecified atom stereocenters. The number of rotatable bonds is 11. The molecular weight excluding hydrogens is 440 g/mol. The molecule has 3 aromatic carbocycles. The van der Waals surface area contributed by atoms with Gasteiger partial charge in [0.2, 0.25) is 0 Å². The third-order valence-electron chi connectivity index (χ3n) is 5.84. The molecule has 1 N–H and O–H groups in total. The van der Waals surface area contributed by atoms with Gasteiger partial charge in [-0.3, -0.25) is 0 Å². The molecule has 5 atom stereocenters. The minimum absolute atomic E-state index is 0.315. The molecule has 4 rings (SSSR count). The number of aliphatic hydroxyl groups is 1. The summed E-state index contributed by atoms with van der Waals surface area (Å²) in [6, 6.07) is 29.7. The summed E-state index contributed by atoms with van der Waals surface area (Å²) in [4.78, 5) is 0. The Kier molecular flexibility index (Phi) is 9.40. The molecule has 5 nitrogen and oxygen atoms in total. The lowest BCUT2D eigenvalue weighted by molar-refractivity contribution is -0.302. The summed E-state index contributed by atoms with van der Waals surface area (Å²) in [5.74, 6) is 0. The van der Waals surface area contributed by atoms with Gasteiger partial charge < -0.3 is 24.1 Å². The van der Waals surface area contributed by atoms with Crippen molar-refractivity contribution in [2.75, 3.05) is 0 Å². The fraction of sp³-hybridized carbons (Fsp3) is 0.267.